The number of rotatable bonds is 4. The maximum atomic E-state index is 11.5. The molecule has 0 bridgehead atoms. The van der Waals surface area contributed by atoms with Gasteiger partial charge in [-0.1, -0.05) is 13.5 Å². The molecule has 16 heavy (non-hydrogen) atoms. The van der Waals surface area contributed by atoms with Crippen molar-refractivity contribution in [3.63, 3.8) is 0 Å². The summed E-state index contributed by atoms with van der Waals surface area (Å²) in [6, 6.07) is 0.424. The van der Waals surface area contributed by atoms with Gasteiger partial charge in [0.1, 0.15) is 0 Å². The van der Waals surface area contributed by atoms with E-state index in [4.69, 9.17) is 0 Å². The van der Waals surface area contributed by atoms with Crippen LogP contribution in [-0.4, -0.2) is 35.5 Å². The van der Waals surface area contributed by atoms with Crippen LogP contribution in [0.1, 0.15) is 40.0 Å². The summed E-state index contributed by atoms with van der Waals surface area (Å²) in [6.45, 7) is 11.8. The van der Waals surface area contributed by atoms with E-state index in [0.717, 1.165) is 32.4 Å². The predicted octanol–water partition coefficient (Wildman–Crippen LogP) is 1.94. The molecule has 1 aliphatic rings. The standard InChI is InChI=1S/C13H24N2O/c1-5-12(16)15-9-7-8-11(10-15)14-13(3,4)6-2/h5,11,14H,1,6-10H2,2-4H3/t11-/m1/s1. The average molecular weight is 224 g/mol. The van der Waals surface area contributed by atoms with Gasteiger partial charge in [0.25, 0.3) is 0 Å². The van der Waals surface area contributed by atoms with Crippen molar-refractivity contribution in [2.75, 3.05) is 13.1 Å². The van der Waals surface area contributed by atoms with Crippen LogP contribution in [0.3, 0.4) is 0 Å². The third kappa shape index (κ3) is 3.63. The van der Waals surface area contributed by atoms with Crippen LogP contribution in [0, 0.1) is 0 Å². The van der Waals surface area contributed by atoms with Crippen LogP contribution >= 0.6 is 0 Å². The lowest BCUT2D eigenvalue weighted by atomic mass is 9.97. The first-order valence-corrected chi connectivity index (χ1v) is 6.17. The zero-order valence-electron chi connectivity index (χ0n) is 10.8. The molecule has 1 N–H and O–H groups in total. The molecule has 0 spiro atoms. The van der Waals surface area contributed by atoms with E-state index in [-0.39, 0.29) is 11.4 Å². The highest BCUT2D eigenvalue weighted by Gasteiger charge is 2.26. The normalized spacial score (nSPS) is 21.9. The fraction of sp³-hybridized carbons (Fsp3) is 0.769. The topological polar surface area (TPSA) is 32.3 Å². The number of hydrogen-bond donors (Lipinski definition) is 1. The van der Waals surface area contributed by atoms with Gasteiger partial charge in [-0.05, 0) is 39.2 Å². The van der Waals surface area contributed by atoms with E-state index in [2.05, 4.69) is 32.7 Å². The minimum Gasteiger partial charge on any atom is -0.338 e. The molecule has 0 aromatic carbocycles. The molecule has 1 fully saturated rings. The molecule has 92 valence electrons. The number of hydrogen-bond acceptors (Lipinski definition) is 2. The fourth-order valence-electron chi connectivity index (χ4n) is 2.08. The Morgan fingerprint density at radius 2 is 2.31 bits per heavy atom. The lowest BCUT2D eigenvalue weighted by molar-refractivity contribution is -0.127. The summed E-state index contributed by atoms with van der Waals surface area (Å²) in [5.41, 5.74) is 0.158. The highest BCUT2D eigenvalue weighted by molar-refractivity contribution is 5.87. The van der Waals surface area contributed by atoms with E-state index < -0.39 is 0 Å². The summed E-state index contributed by atoms with van der Waals surface area (Å²) in [7, 11) is 0. The first kappa shape index (κ1) is 13.2. The summed E-state index contributed by atoms with van der Waals surface area (Å²) < 4.78 is 0. The quantitative estimate of drug-likeness (QED) is 0.740. The van der Waals surface area contributed by atoms with Crippen LogP contribution in [0.4, 0.5) is 0 Å². The van der Waals surface area contributed by atoms with Crippen molar-refractivity contribution in [1.82, 2.24) is 10.2 Å². The van der Waals surface area contributed by atoms with Crippen molar-refractivity contribution >= 4 is 5.91 Å². The van der Waals surface area contributed by atoms with Gasteiger partial charge in [0.2, 0.25) is 5.91 Å². The Balaban J connectivity index is 2.51. The smallest absolute Gasteiger partial charge is 0.246 e. The molecule has 1 aliphatic heterocycles. The number of amides is 1. The van der Waals surface area contributed by atoms with Crippen molar-refractivity contribution in [2.24, 2.45) is 0 Å². The third-order valence-corrected chi connectivity index (χ3v) is 3.39. The molecule has 0 saturated carbocycles. The minimum atomic E-state index is 0.0563. The first-order chi connectivity index (χ1) is 7.48. The summed E-state index contributed by atoms with van der Waals surface area (Å²) >= 11 is 0. The van der Waals surface area contributed by atoms with Crippen molar-refractivity contribution in [3.8, 4) is 0 Å². The maximum Gasteiger partial charge on any atom is 0.246 e. The van der Waals surface area contributed by atoms with E-state index in [1.165, 1.54) is 6.08 Å². The van der Waals surface area contributed by atoms with Gasteiger partial charge in [0.15, 0.2) is 0 Å². The van der Waals surface area contributed by atoms with Gasteiger partial charge in [-0.25, -0.2) is 0 Å². The van der Waals surface area contributed by atoms with E-state index >= 15 is 0 Å². The number of piperidine rings is 1. The largest absolute Gasteiger partial charge is 0.338 e. The van der Waals surface area contributed by atoms with Crippen LogP contribution in [0.15, 0.2) is 12.7 Å². The average Bonchev–Trinajstić information content (AvgIpc) is 2.28. The zero-order valence-corrected chi connectivity index (χ0v) is 10.8. The second kappa shape index (κ2) is 5.48. The van der Waals surface area contributed by atoms with E-state index in [0.29, 0.717) is 6.04 Å². The Bertz CT molecular complexity index is 261. The van der Waals surface area contributed by atoms with Crippen molar-refractivity contribution in [1.29, 1.82) is 0 Å². The third-order valence-electron chi connectivity index (χ3n) is 3.39. The van der Waals surface area contributed by atoms with Gasteiger partial charge in [0.05, 0.1) is 0 Å². The van der Waals surface area contributed by atoms with E-state index in [1.807, 2.05) is 4.90 Å². The van der Waals surface area contributed by atoms with Gasteiger partial charge < -0.3 is 10.2 Å². The molecule has 1 rings (SSSR count). The lowest BCUT2D eigenvalue weighted by Crippen LogP contribution is -2.53. The van der Waals surface area contributed by atoms with Crippen molar-refractivity contribution in [3.05, 3.63) is 12.7 Å². The Kier molecular flexibility index (Phi) is 4.54. The summed E-state index contributed by atoms with van der Waals surface area (Å²) in [5, 5.41) is 3.63. The molecule has 1 saturated heterocycles. The zero-order chi connectivity index (χ0) is 12.2. The second-order valence-electron chi connectivity index (χ2n) is 5.21. The van der Waals surface area contributed by atoms with Gasteiger partial charge in [-0.3, -0.25) is 4.79 Å². The molecule has 1 atom stereocenters. The maximum absolute atomic E-state index is 11.5. The predicted molar refractivity (Wildman–Crippen MR) is 67.3 cm³/mol. The van der Waals surface area contributed by atoms with Crippen molar-refractivity contribution in [2.45, 2.75) is 51.6 Å². The number of nitrogens with zero attached hydrogens (tertiary/aromatic N) is 1. The molecule has 0 unspecified atom stereocenters. The van der Waals surface area contributed by atoms with Crippen LogP contribution in [0.25, 0.3) is 0 Å². The molecule has 1 heterocycles. The monoisotopic (exact) mass is 224 g/mol. The Morgan fingerprint density at radius 3 is 2.88 bits per heavy atom. The summed E-state index contributed by atoms with van der Waals surface area (Å²) in [6.07, 6.45) is 4.74. The van der Waals surface area contributed by atoms with E-state index in [1.54, 1.807) is 0 Å². The Labute approximate surface area is 98.9 Å². The van der Waals surface area contributed by atoms with Crippen molar-refractivity contribution < 1.29 is 4.79 Å². The second-order valence-corrected chi connectivity index (χ2v) is 5.21. The van der Waals surface area contributed by atoms with E-state index in [9.17, 15) is 4.79 Å². The molecule has 0 aromatic heterocycles. The van der Waals surface area contributed by atoms with Gasteiger partial charge in [-0.15, -0.1) is 0 Å². The van der Waals surface area contributed by atoms with Crippen LogP contribution < -0.4 is 5.32 Å². The number of carbonyl (C=O) groups is 1. The van der Waals surface area contributed by atoms with Crippen LogP contribution in [-0.2, 0) is 4.79 Å². The SMILES string of the molecule is C=CC(=O)N1CCC[C@@H](NC(C)(C)CC)C1. The minimum absolute atomic E-state index is 0.0563. The molecule has 1 amide bonds. The molecular formula is C13H24N2O. The molecule has 3 heteroatoms. The number of nitrogens with one attached hydrogen (secondary N) is 1. The molecule has 3 nitrogen and oxygen atoms in total. The Morgan fingerprint density at radius 1 is 1.62 bits per heavy atom. The van der Waals surface area contributed by atoms with Gasteiger partial charge in [-0.2, -0.15) is 0 Å². The summed E-state index contributed by atoms with van der Waals surface area (Å²) in [4.78, 5) is 13.4. The molecule has 0 radical (unpaired) electrons. The molecular weight excluding hydrogens is 200 g/mol. The summed E-state index contributed by atoms with van der Waals surface area (Å²) in [5.74, 6) is 0.0563. The number of likely N-dealkylation sites (tertiary alicyclic amines) is 1. The number of carbonyl (C=O) groups excluding carboxylic acids is 1. The van der Waals surface area contributed by atoms with Crippen LogP contribution in [0.2, 0.25) is 0 Å². The fourth-order valence-corrected chi connectivity index (χ4v) is 2.08. The van der Waals surface area contributed by atoms with Crippen LogP contribution in [0.5, 0.6) is 0 Å². The molecule has 0 aliphatic carbocycles. The van der Waals surface area contributed by atoms with Gasteiger partial charge in [0, 0.05) is 24.7 Å². The highest BCUT2D eigenvalue weighted by Crippen LogP contribution is 2.15. The Hall–Kier alpha value is -0.830. The van der Waals surface area contributed by atoms with Gasteiger partial charge >= 0.3 is 0 Å². The lowest BCUT2D eigenvalue weighted by Gasteiger charge is -2.37. The molecule has 0 aromatic rings. The first-order valence-electron chi connectivity index (χ1n) is 6.17. The highest BCUT2D eigenvalue weighted by atomic mass is 16.2.